The Labute approximate surface area is 132 Å². The molecule has 23 heavy (non-hydrogen) atoms. The van der Waals surface area contributed by atoms with E-state index in [1.807, 2.05) is 6.92 Å². The molecule has 0 aliphatic carbocycles. The van der Waals surface area contributed by atoms with Gasteiger partial charge >= 0.3 is 5.69 Å². The van der Waals surface area contributed by atoms with Gasteiger partial charge in [0, 0.05) is 11.9 Å². The van der Waals surface area contributed by atoms with Gasteiger partial charge in [-0.3, -0.25) is 9.20 Å². The lowest BCUT2D eigenvalue weighted by atomic mass is 10.3. The van der Waals surface area contributed by atoms with Gasteiger partial charge < -0.3 is 10.1 Å². The molecule has 1 N–H and O–H groups in total. The van der Waals surface area contributed by atoms with Crippen LogP contribution in [0.3, 0.4) is 0 Å². The lowest BCUT2D eigenvalue weighted by Crippen LogP contribution is -2.28. The Hall–Kier alpha value is -3.09. The SMILES string of the molecule is CCOc1ccc(NC(=O)Cn2nc3ccccn3c2=O)cc1. The number of aromatic nitrogens is 3. The molecule has 7 heteroatoms. The van der Waals surface area contributed by atoms with Crippen molar-refractivity contribution in [2.75, 3.05) is 11.9 Å². The Morgan fingerprint density at radius 1 is 1.22 bits per heavy atom. The molecular weight excluding hydrogens is 296 g/mol. The highest BCUT2D eigenvalue weighted by atomic mass is 16.5. The molecule has 1 amide bonds. The van der Waals surface area contributed by atoms with Crippen LogP contribution in [0.15, 0.2) is 53.5 Å². The Morgan fingerprint density at radius 2 is 2.00 bits per heavy atom. The normalized spacial score (nSPS) is 10.7. The smallest absolute Gasteiger partial charge is 0.350 e. The lowest BCUT2D eigenvalue weighted by molar-refractivity contribution is -0.117. The van der Waals surface area contributed by atoms with Gasteiger partial charge in [0.1, 0.15) is 12.3 Å². The number of pyridine rings is 1. The molecule has 0 fully saturated rings. The third-order valence-electron chi connectivity index (χ3n) is 3.23. The number of amides is 1. The molecule has 7 nitrogen and oxygen atoms in total. The summed E-state index contributed by atoms with van der Waals surface area (Å²) < 4.78 is 7.87. The minimum atomic E-state index is -0.345. The molecular formula is C16H16N4O3. The highest BCUT2D eigenvalue weighted by Crippen LogP contribution is 2.15. The van der Waals surface area contributed by atoms with Crippen molar-refractivity contribution in [3.05, 3.63) is 59.1 Å². The van der Waals surface area contributed by atoms with Crippen molar-refractivity contribution in [1.82, 2.24) is 14.2 Å². The highest BCUT2D eigenvalue weighted by Gasteiger charge is 2.10. The maximum Gasteiger partial charge on any atom is 0.350 e. The van der Waals surface area contributed by atoms with Gasteiger partial charge in [0.05, 0.1) is 6.61 Å². The molecule has 0 unspecified atom stereocenters. The second-order valence-corrected chi connectivity index (χ2v) is 4.87. The van der Waals surface area contributed by atoms with Crippen LogP contribution >= 0.6 is 0 Å². The summed E-state index contributed by atoms with van der Waals surface area (Å²) in [6, 6.07) is 12.3. The van der Waals surface area contributed by atoms with Crippen LogP contribution in [0.1, 0.15) is 6.92 Å². The summed E-state index contributed by atoms with van der Waals surface area (Å²) in [7, 11) is 0. The van der Waals surface area contributed by atoms with Crippen LogP contribution in [0.2, 0.25) is 0 Å². The summed E-state index contributed by atoms with van der Waals surface area (Å²) in [5, 5.41) is 6.85. The zero-order valence-electron chi connectivity index (χ0n) is 12.6. The third-order valence-corrected chi connectivity index (χ3v) is 3.23. The summed E-state index contributed by atoms with van der Waals surface area (Å²) in [4.78, 5) is 24.2. The van der Waals surface area contributed by atoms with Crippen molar-refractivity contribution >= 4 is 17.2 Å². The summed E-state index contributed by atoms with van der Waals surface area (Å²) in [6.45, 7) is 2.35. The molecule has 2 heterocycles. The van der Waals surface area contributed by atoms with Crippen LogP contribution in [0.5, 0.6) is 5.75 Å². The topological polar surface area (TPSA) is 77.6 Å². The molecule has 0 saturated carbocycles. The Balaban J connectivity index is 1.71. The number of benzene rings is 1. The van der Waals surface area contributed by atoms with Crippen LogP contribution in [0.25, 0.3) is 5.65 Å². The summed E-state index contributed by atoms with van der Waals surface area (Å²) in [5.41, 5.74) is 0.795. The van der Waals surface area contributed by atoms with Gasteiger partial charge in [0.2, 0.25) is 5.91 Å². The van der Waals surface area contributed by atoms with Gasteiger partial charge in [-0.05, 0) is 43.3 Å². The molecule has 0 atom stereocenters. The van der Waals surface area contributed by atoms with Gasteiger partial charge in [0.15, 0.2) is 5.65 Å². The first-order valence-corrected chi connectivity index (χ1v) is 7.24. The zero-order valence-corrected chi connectivity index (χ0v) is 12.6. The van der Waals surface area contributed by atoms with E-state index < -0.39 is 0 Å². The largest absolute Gasteiger partial charge is 0.494 e. The third kappa shape index (κ3) is 3.23. The van der Waals surface area contributed by atoms with Gasteiger partial charge in [0.25, 0.3) is 0 Å². The molecule has 1 aromatic carbocycles. The average molecular weight is 312 g/mol. The van der Waals surface area contributed by atoms with E-state index in [0.29, 0.717) is 17.9 Å². The van der Waals surface area contributed by atoms with Crippen molar-refractivity contribution in [3.8, 4) is 5.75 Å². The van der Waals surface area contributed by atoms with Gasteiger partial charge in [-0.1, -0.05) is 6.07 Å². The fourth-order valence-corrected chi connectivity index (χ4v) is 2.21. The van der Waals surface area contributed by atoms with Crippen LogP contribution in [0, 0.1) is 0 Å². The van der Waals surface area contributed by atoms with Gasteiger partial charge in [-0.15, -0.1) is 5.10 Å². The molecule has 2 aromatic heterocycles. The maximum atomic E-state index is 12.1. The van der Waals surface area contributed by atoms with Gasteiger partial charge in [-0.2, -0.15) is 0 Å². The minimum Gasteiger partial charge on any atom is -0.494 e. The number of fused-ring (bicyclic) bond motifs is 1. The zero-order chi connectivity index (χ0) is 16.2. The molecule has 0 bridgehead atoms. The molecule has 0 saturated heterocycles. The molecule has 0 aliphatic rings. The summed E-state index contributed by atoms with van der Waals surface area (Å²) >= 11 is 0. The van der Waals surface area contributed by atoms with Gasteiger partial charge in [-0.25, -0.2) is 9.48 Å². The Bertz CT molecular complexity index is 880. The van der Waals surface area contributed by atoms with E-state index >= 15 is 0 Å². The second-order valence-electron chi connectivity index (χ2n) is 4.87. The number of rotatable bonds is 5. The standard InChI is InChI=1S/C16H16N4O3/c1-2-23-13-8-6-12(7-9-13)17-15(21)11-20-16(22)19-10-4-3-5-14(19)18-20/h3-10H,2,11H2,1H3,(H,17,21). The number of hydrogen-bond acceptors (Lipinski definition) is 4. The first-order chi connectivity index (χ1) is 11.2. The Kier molecular flexibility index (Phi) is 4.09. The van der Waals surface area contributed by atoms with Crippen molar-refractivity contribution in [2.45, 2.75) is 13.5 Å². The van der Waals surface area contributed by atoms with E-state index in [2.05, 4.69) is 10.4 Å². The number of carbonyl (C=O) groups is 1. The van der Waals surface area contributed by atoms with Crippen molar-refractivity contribution in [3.63, 3.8) is 0 Å². The monoisotopic (exact) mass is 312 g/mol. The van der Waals surface area contributed by atoms with Crippen molar-refractivity contribution < 1.29 is 9.53 Å². The predicted octanol–water partition coefficient (Wildman–Crippen LogP) is 1.53. The van der Waals surface area contributed by atoms with E-state index in [-0.39, 0.29) is 18.1 Å². The van der Waals surface area contributed by atoms with Crippen LogP contribution in [-0.2, 0) is 11.3 Å². The van der Waals surface area contributed by atoms with Crippen molar-refractivity contribution in [2.24, 2.45) is 0 Å². The van der Waals surface area contributed by atoms with E-state index in [9.17, 15) is 9.59 Å². The summed E-state index contributed by atoms with van der Waals surface area (Å²) in [6.07, 6.45) is 1.62. The molecule has 3 rings (SSSR count). The maximum absolute atomic E-state index is 12.1. The first kappa shape index (κ1) is 14.8. The van der Waals surface area contributed by atoms with E-state index in [0.717, 1.165) is 10.4 Å². The van der Waals surface area contributed by atoms with Crippen LogP contribution < -0.4 is 15.7 Å². The van der Waals surface area contributed by atoms with E-state index in [1.54, 1.807) is 48.7 Å². The average Bonchev–Trinajstić information content (AvgIpc) is 2.86. The molecule has 3 aromatic rings. The molecule has 0 aliphatic heterocycles. The number of carbonyl (C=O) groups excluding carboxylic acids is 1. The number of ether oxygens (including phenoxy) is 1. The molecule has 0 radical (unpaired) electrons. The fraction of sp³-hybridized carbons (Fsp3) is 0.188. The number of hydrogen-bond donors (Lipinski definition) is 1. The summed E-state index contributed by atoms with van der Waals surface area (Å²) in [5.74, 6) is 0.418. The van der Waals surface area contributed by atoms with E-state index in [1.165, 1.54) is 4.40 Å². The quantitative estimate of drug-likeness (QED) is 0.775. The highest BCUT2D eigenvalue weighted by molar-refractivity contribution is 5.90. The van der Waals surface area contributed by atoms with E-state index in [4.69, 9.17) is 4.74 Å². The van der Waals surface area contributed by atoms with Crippen LogP contribution in [-0.4, -0.2) is 26.7 Å². The molecule has 118 valence electrons. The van der Waals surface area contributed by atoms with Crippen molar-refractivity contribution in [1.29, 1.82) is 0 Å². The lowest BCUT2D eigenvalue weighted by Gasteiger charge is -2.06. The van der Waals surface area contributed by atoms with Crippen LogP contribution in [0.4, 0.5) is 5.69 Å². The minimum absolute atomic E-state index is 0.145. The second kappa shape index (κ2) is 6.35. The number of nitrogens with zero attached hydrogens (tertiary/aromatic N) is 3. The number of nitrogens with one attached hydrogen (secondary N) is 1. The Morgan fingerprint density at radius 3 is 2.70 bits per heavy atom. The first-order valence-electron chi connectivity index (χ1n) is 7.24. The fourth-order valence-electron chi connectivity index (χ4n) is 2.21. The predicted molar refractivity (Wildman–Crippen MR) is 85.7 cm³/mol. The number of anilines is 1. The molecule has 0 spiro atoms.